The summed E-state index contributed by atoms with van der Waals surface area (Å²) in [6.07, 6.45) is 7.08. The van der Waals surface area contributed by atoms with E-state index in [4.69, 9.17) is 4.98 Å². The molecule has 3 rings (SSSR count). The normalized spacial score (nSPS) is 14.4. The molecule has 1 saturated heterocycles. The van der Waals surface area contributed by atoms with Crippen LogP contribution in [-0.2, 0) is 24.1 Å². The van der Waals surface area contributed by atoms with E-state index in [2.05, 4.69) is 46.8 Å². The summed E-state index contributed by atoms with van der Waals surface area (Å²) in [5.74, 6) is 0.121. The van der Waals surface area contributed by atoms with Crippen LogP contribution < -0.4 is 10.2 Å². The van der Waals surface area contributed by atoms with E-state index >= 15 is 0 Å². The summed E-state index contributed by atoms with van der Waals surface area (Å²) in [6.45, 7) is 5.07. The Labute approximate surface area is 160 Å². The predicted molar refractivity (Wildman–Crippen MR) is 109 cm³/mol. The average Bonchev–Trinajstić information content (AvgIpc) is 3.16. The van der Waals surface area contributed by atoms with E-state index in [1.54, 1.807) is 11.3 Å². The number of hydrogen-bond acceptors (Lipinski definition) is 4. The molecule has 1 aliphatic rings. The van der Waals surface area contributed by atoms with Crippen molar-refractivity contribution >= 4 is 22.4 Å². The Morgan fingerprint density at radius 2 is 1.85 bits per heavy atom. The number of rotatable bonds is 8. The highest BCUT2D eigenvalue weighted by Gasteiger charge is 2.14. The van der Waals surface area contributed by atoms with Crippen molar-refractivity contribution in [1.29, 1.82) is 0 Å². The molecule has 5 heteroatoms. The molecule has 26 heavy (non-hydrogen) atoms. The van der Waals surface area contributed by atoms with Gasteiger partial charge in [0, 0.05) is 37.9 Å². The lowest BCUT2D eigenvalue weighted by molar-refractivity contribution is -0.121. The molecule has 0 radical (unpaired) electrons. The molecule has 2 heterocycles. The topological polar surface area (TPSA) is 45.2 Å². The zero-order valence-corrected chi connectivity index (χ0v) is 16.5. The highest BCUT2D eigenvalue weighted by atomic mass is 32.1. The SMILES string of the molecule is CCc1ccc(CCC(=O)NCCc2csc(N3CCCCC3)n2)cc1. The zero-order valence-electron chi connectivity index (χ0n) is 15.7. The second-order valence-electron chi connectivity index (χ2n) is 6.94. The van der Waals surface area contributed by atoms with Crippen molar-refractivity contribution in [3.8, 4) is 0 Å². The number of amides is 1. The van der Waals surface area contributed by atoms with E-state index in [9.17, 15) is 4.79 Å². The van der Waals surface area contributed by atoms with Crippen LogP contribution in [0.5, 0.6) is 0 Å². The maximum atomic E-state index is 12.0. The van der Waals surface area contributed by atoms with Crippen LogP contribution in [0, 0.1) is 0 Å². The molecule has 0 unspecified atom stereocenters. The van der Waals surface area contributed by atoms with Gasteiger partial charge in [0.25, 0.3) is 0 Å². The largest absolute Gasteiger partial charge is 0.356 e. The minimum atomic E-state index is 0.121. The minimum absolute atomic E-state index is 0.121. The lowest BCUT2D eigenvalue weighted by Crippen LogP contribution is -2.29. The molecule has 4 nitrogen and oxygen atoms in total. The van der Waals surface area contributed by atoms with Crippen molar-refractivity contribution < 1.29 is 4.79 Å². The Morgan fingerprint density at radius 3 is 2.58 bits per heavy atom. The van der Waals surface area contributed by atoms with Gasteiger partial charge in [-0.25, -0.2) is 4.98 Å². The van der Waals surface area contributed by atoms with E-state index in [-0.39, 0.29) is 5.91 Å². The Balaban J connectivity index is 1.36. The summed E-state index contributed by atoms with van der Waals surface area (Å²) in [4.78, 5) is 19.2. The first-order chi connectivity index (χ1) is 12.7. The van der Waals surface area contributed by atoms with Gasteiger partial charge in [-0.05, 0) is 43.2 Å². The van der Waals surface area contributed by atoms with Crippen molar-refractivity contribution in [1.82, 2.24) is 10.3 Å². The maximum absolute atomic E-state index is 12.0. The maximum Gasteiger partial charge on any atom is 0.220 e. The van der Waals surface area contributed by atoms with Gasteiger partial charge in [0.15, 0.2) is 5.13 Å². The molecule has 140 valence electrons. The van der Waals surface area contributed by atoms with Gasteiger partial charge >= 0.3 is 0 Å². The predicted octanol–water partition coefficient (Wildman–Crippen LogP) is 3.99. The van der Waals surface area contributed by atoms with E-state index in [1.807, 2.05) is 0 Å². The van der Waals surface area contributed by atoms with E-state index in [1.165, 1.54) is 30.4 Å². The molecule has 2 aromatic rings. The van der Waals surface area contributed by atoms with Crippen molar-refractivity contribution in [2.45, 2.75) is 51.9 Å². The summed E-state index contributed by atoms with van der Waals surface area (Å²) < 4.78 is 0. The zero-order chi connectivity index (χ0) is 18.2. The summed E-state index contributed by atoms with van der Waals surface area (Å²) in [5.41, 5.74) is 3.65. The second kappa shape index (κ2) is 9.72. The summed E-state index contributed by atoms with van der Waals surface area (Å²) in [5, 5.41) is 6.30. The van der Waals surface area contributed by atoms with Crippen LogP contribution in [0.3, 0.4) is 0 Å². The average molecular weight is 372 g/mol. The number of anilines is 1. The van der Waals surface area contributed by atoms with Crippen molar-refractivity contribution in [2.24, 2.45) is 0 Å². The van der Waals surface area contributed by atoms with Gasteiger partial charge < -0.3 is 10.2 Å². The lowest BCUT2D eigenvalue weighted by Gasteiger charge is -2.25. The van der Waals surface area contributed by atoms with Crippen LogP contribution in [0.15, 0.2) is 29.6 Å². The van der Waals surface area contributed by atoms with Gasteiger partial charge in [-0.3, -0.25) is 4.79 Å². The summed E-state index contributed by atoms with van der Waals surface area (Å²) >= 11 is 1.73. The Bertz CT molecular complexity index is 690. The third kappa shape index (κ3) is 5.56. The van der Waals surface area contributed by atoms with Gasteiger partial charge in [-0.1, -0.05) is 31.2 Å². The molecule has 1 fully saturated rings. The Kier molecular flexibility index (Phi) is 7.06. The standard InChI is InChI=1S/C21H29N3OS/c1-2-17-6-8-18(9-7-17)10-11-20(25)22-13-12-19-16-26-21(23-19)24-14-4-3-5-15-24/h6-9,16H,2-5,10-15H2,1H3,(H,22,25). The number of benzene rings is 1. The molecule has 1 N–H and O–H groups in total. The third-order valence-electron chi connectivity index (χ3n) is 4.94. The second-order valence-corrected chi connectivity index (χ2v) is 7.78. The van der Waals surface area contributed by atoms with Gasteiger partial charge in [0.2, 0.25) is 5.91 Å². The molecule has 0 spiro atoms. The van der Waals surface area contributed by atoms with E-state index < -0.39 is 0 Å². The first-order valence-corrected chi connectivity index (χ1v) is 10.7. The molecular formula is C21H29N3OS. The monoisotopic (exact) mass is 371 g/mol. The van der Waals surface area contributed by atoms with Crippen LogP contribution in [0.1, 0.15) is 49.4 Å². The molecule has 0 bridgehead atoms. The fraction of sp³-hybridized carbons (Fsp3) is 0.524. The smallest absolute Gasteiger partial charge is 0.220 e. The third-order valence-corrected chi connectivity index (χ3v) is 5.89. The molecule has 1 aromatic heterocycles. The van der Waals surface area contributed by atoms with Crippen LogP contribution in [0.4, 0.5) is 5.13 Å². The lowest BCUT2D eigenvalue weighted by atomic mass is 10.1. The van der Waals surface area contributed by atoms with Crippen molar-refractivity contribution in [3.05, 3.63) is 46.5 Å². The minimum Gasteiger partial charge on any atom is -0.356 e. The molecule has 1 amide bonds. The molecule has 0 atom stereocenters. The van der Waals surface area contributed by atoms with Crippen LogP contribution in [0.25, 0.3) is 0 Å². The number of hydrogen-bond donors (Lipinski definition) is 1. The summed E-state index contributed by atoms with van der Waals surface area (Å²) in [7, 11) is 0. The number of aromatic nitrogens is 1. The fourth-order valence-corrected chi connectivity index (χ4v) is 4.17. The quantitative estimate of drug-likeness (QED) is 0.763. The fourth-order valence-electron chi connectivity index (χ4n) is 3.26. The number of nitrogens with zero attached hydrogens (tertiary/aromatic N) is 2. The number of aryl methyl sites for hydroxylation is 2. The highest BCUT2D eigenvalue weighted by Crippen LogP contribution is 2.24. The number of carbonyl (C=O) groups is 1. The number of carbonyl (C=O) groups excluding carboxylic acids is 1. The molecule has 1 aromatic carbocycles. The van der Waals surface area contributed by atoms with Crippen LogP contribution >= 0.6 is 11.3 Å². The van der Waals surface area contributed by atoms with E-state index in [0.717, 1.165) is 43.2 Å². The van der Waals surface area contributed by atoms with Crippen LogP contribution in [0.2, 0.25) is 0 Å². The Morgan fingerprint density at radius 1 is 1.12 bits per heavy atom. The highest BCUT2D eigenvalue weighted by molar-refractivity contribution is 7.13. The van der Waals surface area contributed by atoms with Gasteiger partial charge in [-0.2, -0.15) is 0 Å². The first kappa shape index (κ1) is 18.9. The van der Waals surface area contributed by atoms with E-state index in [0.29, 0.717) is 13.0 Å². The number of piperidine rings is 1. The molecule has 0 saturated carbocycles. The van der Waals surface area contributed by atoms with Crippen molar-refractivity contribution in [2.75, 3.05) is 24.5 Å². The van der Waals surface area contributed by atoms with Gasteiger partial charge in [-0.15, -0.1) is 11.3 Å². The molecule has 0 aliphatic carbocycles. The molecular weight excluding hydrogens is 342 g/mol. The van der Waals surface area contributed by atoms with Gasteiger partial charge in [0.05, 0.1) is 5.69 Å². The summed E-state index contributed by atoms with van der Waals surface area (Å²) in [6, 6.07) is 8.55. The number of nitrogens with one attached hydrogen (secondary N) is 1. The van der Waals surface area contributed by atoms with Gasteiger partial charge in [0.1, 0.15) is 0 Å². The molecule has 1 aliphatic heterocycles. The number of thiazole rings is 1. The Hall–Kier alpha value is -1.88. The van der Waals surface area contributed by atoms with Crippen molar-refractivity contribution in [3.63, 3.8) is 0 Å². The van der Waals surface area contributed by atoms with Crippen LogP contribution in [-0.4, -0.2) is 30.5 Å². The first-order valence-electron chi connectivity index (χ1n) is 9.78.